The third-order valence-corrected chi connectivity index (χ3v) is 6.55. The number of rotatable bonds is 1. The highest BCUT2D eigenvalue weighted by atomic mass is 19.4. The molecule has 174 valence electrons. The number of hydrogen-bond acceptors (Lipinski definition) is 6. The molecule has 1 saturated heterocycles. The Balaban J connectivity index is 1.40. The van der Waals surface area contributed by atoms with Crippen LogP contribution in [0.25, 0.3) is 16.6 Å². The van der Waals surface area contributed by atoms with Gasteiger partial charge >= 0.3 is 6.18 Å². The van der Waals surface area contributed by atoms with Gasteiger partial charge in [-0.05, 0) is 38.0 Å². The lowest BCUT2D eigenvalue weighted by Gasteiger charge is -2.36. The lowest BCUT2D eigenvalue weighted by Crippen LogP contribution is -2.44. The highest BCUT2D eigenvalue weighted by molar-refractivity contribution is 5.96. The van der Waals surface area contributed by atoms with Gasteiger partial charge in [-0.2, -0.15) is 13.2 Å². The van der Waals surface area contributed by atoms with Gasteiger partial charge in [0.1, 0.15) is 34.9 Å². The molecule has 1 aromatic carbocycles. The molecule has 2 atom stereocenters. The van der Waals surface area contributed by atoms with Crippen LogP contribution in [0.15, 0.2) is 36.8 Å². The number of pyridine rings is 1. The Morgan fingerprint density at radius 1 is 1.24 bits per heavy atom. The van der Waals surface area contributed by atoms with Crippen molar-refractivity contribution in [3.05, 3.63) is 59.3 Å². The summed E-state index contributed by atoms with van der Waals surface area (Å²) in [5.74, 6) is 0.168. The van der Waals surface area contributed by atoms with Gasteiger partial charge in [0.25, 0.3) is 5.91 Å². The number of carbonyl (C=O) groups excluding carboxylic acids is 1. The van der Waals surface area contributed by atoms with Gasteiger partial charge in [0, 0.05) is 12.1 Å². The summed E-state index contributed by atoms with van der Waals surface area (Å²) in [5.41, 5.74) is 8.60. The van der Waals surface area contributed by atoms with Crippen molar-refractivity contribution in [2.45, 2.75) is 38.1 Å². The second-order valence-electron chi connectivity index (χ2n) is 8.60. The van der Waals surface area contributed by atoms with Crippen LogP contribution in [0.3, 0.4) is 0 Å². The number of aromatic nitrogens is 4. The van der Waals surface area contributed by atoms with Crippen LogP contribution < -0.4 is 10.5 Å². The molecule has 2 unspecified atom stereocenters. The number of alkyl halides is 3. The predicted molar refractivity (Wildman–Crippen MR) is 116 cm³/mol. The third kappa shape index (κ3) is 2.99. The largest absolute Gasteiger partial charge is 0.488 e. The normalized spacial score (nSPS) is 19.8. The maximum atomic E-state index is 13.6. The Morgan fingerprint density at radius 2 is 2.06 bits per heavy atom. The quantitative estimate of drug-likeness (QED) is 0.455. The van der Waals surface area contributed by atoms with E-state index in [0.29, 0.717) is 53.0 Å². The predicted octanol–water partition coefficient (Wildman–Crippen LogP) is 3.93. The average molecular weight is 468 g/mol. The molecule has 2 aliphatic rings. The Hall–Kier alpha value is -3.89. The smallest absolute Gasteiger partial charge is 0.416 e. The Kier molecular flexibility index (Phi) is 4.29. The number of halogens is 3. The number of piperidine rings is 1. The molecule has 2 aliphatic heterocycles. The molecule has 34 heavy (non-hydrogen) atoms. The number of imidazole rings is 1. The Bertz CT molecular complexity index is 1480. The summed E-state index contributed by atoms with van der Waals surface area (Å²) in [5, 5.41) is 0. The summed E-state index contributed by atoms with van der Waals surface area (Å²) in [7, 11) is 0. The van der Waals surface area contributed by atoms with Gasteiger partial charge in [-0.3, -0.25) is 9.20 Å². The van der Waals surface area contributed by atoms with Crippen LogP contribution in [-0.2, 0) is 6.18 Å². The van der Waals surface area contributed by atoms with Crippen molar-refractivity contribution in [3.8, 4) is 5.75 Å². The van der Waals surface area contributed by atoms with E-state index in [0.717, 1.165) is 12.1 Å². The minimum atomic E-state index is -4.47. The van der Waals surface area contributed by atoms with Gasteiger partial charge in [0.15, 0.2) is 5.82 Å². The SMILES string of the molecule is Cc1ncn2c1c(N)nc1cnc(C(=O)N3CCCC4Oc5cc(C(F)(F)F)ccc5C43)cc12. The van der Waals surface area contributed by atoms with E-state index in [1.807, 2.05) is 6.92 Å². The van der Waals surface area contributed by atoms with Crippen LogP contribution in [0.5, 0.6) is 5.75 Å². The number of likely N-dealkylation sites (tertiary alicyclic amines) is 1. The molecule has 2 N–H and O–H groups in total. The summed E-state index contributed by atoms with van der Waals surface area (Å²) in [4.78, 5) is 28.2. The van der Waals surface area contributed by atoms with Crippen molar-refractivity contribution in [2.24, 2.45) is 0 Å². The van der Waals surface area contributed by atoms with Crippen LogP contribution in [0.2, 0.25) is 0 Å². The molecule has 0 aliphatic carbocycles. The number of aryl methyl sites for hydroxylation is 1. The zero-order valence-electron chi connectivity index (χ0n) is 18.0. The van der Waals surface area contributed by atoms with E-state index in [1.54, 1.807) is 21.7 Å². The van der Waals surface area contributed by atoms with Gasteiger partial charge < -0.3 is 15.4 Å². The number of ether oxygens (including phenoxy) is 1. The molecular formula is C23H19F3N6O2. The van der Waals surface area contributed by atoms with Gasteiger partial charge in [-0.15, -0.1) is 0 Å². The molecule has 3 aromatic heterocycles. The monoisotopic (exact) mass is 468 g/mol. The first kappa shape index (κ1) is 20.7. The highest BCUT2D eigenvalue weighted by Crippen LogP contribution is 2.46. The van der Waals surface area contributed by atoms with Crippen molar-refractivity contribution < 1.29 is 22.7 Å². The first-order valence-electron chi connectivity index (χ1n) is 10.8. The number of carbonyl (C=O) groups is 1. The summed E-state index contributed by atoms with van der Waals surface area (Å²) >= 11 is 0. The first-order valence-corrected chi connectivity index (χ1v) is 10.8. The first-order chi connectivity index (χ1) is 16.2. The van der Waals surface area contributed by atoms with E-state index in [-0.39, 0.29) is 17.4 Å². The minimum absolute atomic E-state index is 0.172. The number of hydrogen-bond donors (Lipinski definition) is 1. The summed E-state index contributed by atoms with van der Waals surface area (Å²) in [6.07, 6.45) is -0.442. The van der Waals surface area contributed by atoms with Crippen molar-refractivity contribution in [1.82, 2.24) is 24.3 Å². The summed E-state index contributed by atoms with van der Waals surface area (Å²) in [6, 6.07) is 4.62. The Labute approximate surface area is 191 Å². The fourth-order valence-electron chi connectivity index (χ4n) is 4.99. The molecule has 4 aromatic rings. The molecular weight excluding hydrogens is 449 g/mol. The number of fused-ring (bicyclic) bond motifs is 6. The second-order valence-corrected chi connectivity index (χ2v) is 8.60. The van der Waals surface area contributed by atoms with Crippen LogP contribution in [0, 0.1) is 6.92 Å². The molecule has 11 heteroatoms. The molecule has 0 saturated carbocycles. The molecule has 0 spiro atoms. The van der Waals surface area contributed by atoms with Crippen LogP contribution in [0.1, 0.15) is 46.2 Å². The van der Waals surface area contributed by atoms with Gasteiger partial charge in [0.2, 0.25) is 0 Å². The fourth-order valence-corrected chi connectivity index (χ4v) is 4.99. The van der Waals surface area contributed by atoms with Crippen molar-refractivity contribution in [2.75, 3.05) is 12.3 Å². The fraction of sp³-hybridized carbons (Fsp3) is 0.304. The van der Waals surface area contributed by atoms with Crippen molar-refractivity contribution >= 4 is 28.3 Å². The average Bonchev–Trinajstić information content (AvgIpc) is 3.38. The molecule has 5 heterocycles. The van der Waals surface area contributed by atoms with Crippen molar-refractivity contribution in [1.29, 1.82) is 0 Å². The van der Waals surface area contributed by atoms with E-state index in [1.165, 1.54) is 12.3 Å². The zero-order chi connectivity index (χ0) is 23.8. The number of benzene rings is 1. The van der Waals surface area contributed by atoms with E-state index >= 15 is 0 Å². The number of nitrogens with zero attached hydrogens (tertiary/aromatic N) is 5. The lowest BCUT2D eigenvalue weighted by atomic mass is 9.93. The van der Waals surface area contributed by atoms with Crippen LogP contribution in [-0.4, -0.2) is 42.8 Å². The zero-order valence-corrected chi connectivity index (χ0v) is 18.0. The second kappa shape index (κ2) is 7.05. The standard InChI is InChI=1S/C23H19F3N6O2/c1-11-19-21(27)30-15-9-28-14(8-16(15)32(19)10-29-11)22(33)31-6-2-3-17-20(31)13-5-4-12(23(24,25)26)7-18(13)34-17/h4-5,7-10,17,20H,2-3,6H2,1H3,(H2,27,30). The lowest BCUT2D eigenvalue weighted by molar-refractivity contribution is -0.137. The third-order valence-electron chi connectivity index (χ3n) is 6.55. The van der Waals surface area contributed by atoms with E-state index in [2.05, 4.69) is 15.0 Å². The van der Waals surface area contributed by atoms with Crippen molar-refractivity contribution in [3.63, 3.8) is 0 Å². The maximum Gasteiger partial charge on any atom is 0.416 e. The molecule has 8 nitrogen and oxygen atoms in total. The van der Waals surface area contributed by atoms with E-state index in [4.69, 9.17) is 10.5 Å². The number of anilines is 1. The van der Waals surface area contributed by atoms with E-state index < -0.39 is 23.9 Å². The minimum Gasteiger partial charge on any atom is -0.488 e. The van der Waals surface area contributed by atoms with Gasteiger partial charge in [0.05, 0.1) is 29.0 Å². The summed E-state index contributed by atoms with van der Waals surface area (Å²) in [6.45, 7) is 2.27. The van der Waals surface area contributed by atoms with Crippen LogP contribution >= 0.6 is 0 Å². The summed E-state index contributed by atoms with van der Waals surface area (Å²) < 4.78 is 47.1. The molecule has 0 bridgehead atoms. The number of amides is 1. The van der Waals surface area contributed by atoms with Gasteiger partial charge in [-0.25, -0.2) is 15.0 Å². The molecule has 6 rings (SSSR count). The number of nitrogens with two attached hydrogens (primary N) is 1. The molecule has 1 amide bonds. The number of nitrogen functional groups attached to an aromatic ring is 1. The topological polar surface area (TPSA) is 98.6 Å². The molecule has 1 fully saturated rings. The highest BCUT2D eigenvalue weighted by Gasteiger charge is 2.44. The Morgan fingerprint density at radius 3 is 2.85 bits per heavy atom. The van der Waals surface area contributed by atoms with Gasteiger partial charge in [-0.1, -0.05) is 6.07 Å². The van der Waals surface area contributed by atoms with Crippen LogP contribution in [0.4, 0.5) is 19.0 Å². The maximum absolute atomic E-state index is 13.6. The van der Waals surface area contributed by atoms with E-state index in [9.17, 15) is 18.0 Å². The molecule has 0 radical (unpaired) electrons.